The lowest BCUT2D eigenvalue weighted by Gasteiger charge is -2.37. The second-order valence-electron chi connectivity index (χ2n) is 5.56. The number of nitrogens with zero attached hydrogens (tertiary/aromatic N) is 5. The third kappa shape index (κ3) is 3.59. The molecule has 3 rings (SSSR count). The quantitative estimate of drug-likeness (QED) is 0.840. The van der Waals surface area contributed by atoms with Crippen LogP contribution in [0.25, 0.3) is 0 Å². The monoisotopic (exact) mass is 370 g/mol. The molecule has 1 aromatic carbocycles. The molecule has 8 nitrogen and oxygen atoms in total. The minimum atomic E-state index is -3.15. The fraction of sp³-hybridized carbons (Fsp3) is 0.500. The Balaban J connectivity index is 1.82. The van der Waals surface area contributed by atoms with Gasteiger partial charge in [0.2, 0.25) is 10.0 Å². The van der Waals surface area contributed by atoms with Crippen LogP contribution in [-0.4, -0.2) is 70.2 Å². The van der Waals surface area contributed by atoms with Gasteiger partial charge in [0.1, 0.15) is 0 Å². The van der Waals surface area contributed by atoms with Crippen molar-refractivity contribution in [1.82, 2.24) is 29.8 Å². The molecule has 1 aromatic heterocycles. The highest BCUT2D eigenvalue weighted by Crippen LogP contribution is 2.28. The van der Waals surface area contributed by atoms with Crippen molar-refractivity contribution in [1.29, 1.82) is 0 Å². The maximum atomic E-state index is 12.0. The number of hydrogen-bond acceptors (Lipinski definition) is 6. The molecule has 0 radical (unpaired) electrons. The lowest BCUT2D eigenvalue weighted by Crippen LogP contribution is -2.50. The zero-order chi connectivity index (χ0) is 17.2. The Morgan fingerprint density at radius 1 is 1.21 bits per heavy atom. The number of sulfonamides is 1. The zero-order valence-corrected chi connectivity index (χ0v) is 14.8. The third-order valence-electron chi connectivity index (χ3n) is 4.19. The number of halogens is 1. The first-order valence-corrected chi connectivity index (χ1v) is 9.70. The summed E-state index contributed by atoms with van der Waals surface area (Å²) in [5, 5.41) is 15.0. The van der Waals surface area contributed by atoms with Crippen molar-refractivity contribution < 1.29 is 8.42 Å². The predicted molar refractivity (Wildman–Crippen MR) is 90.1 cm³/mol. The van der Waals surface area contributed by atoms with Gasteiger partial charge in [-0.15, -0.1) is 10.2 Å². The lowest BCUT2D eigenvalue weighted by molar-refractivity contribution is 0.151. The molecule has 0 spiro atoms. The fourth-order valence-corrected chi connectivity index (χ4v) is 4.09. The molecule has 10 heteroatoms. The molecule has 1 fully saturated rings. The van der Waals surface area contributed by atoms with Crippen LogP contribution in [-0.2, 0) is 10.0 Å². The molecule has 1 N–H and O–H groups in total. The minimum Gasteiger partial charge on any atom is -0.287 e. The van der Waals surface area contributed by atoms with Gasteiger partial charge in [-0.25, -0.2) is 8.42 Å². The van der Waals surface area contributed by atoms with Gasteiger partial charge in [0.15, 0.2) is 5.82 Å². The summed E-state index contributed by atoms with van der Waals surface area (Å²) in [5.74, 6) is 0.683. The van der Waals surface area contributed by atoms with Crippen molar-refractivity contribution in [2.75, 3.05) is 31.9 Å². The van der Waals surface area contributed by atoms with E-state index in [0.717, 1.165) is 5.56 Å². The van der Waals surface area contributed by atoms with Gasteiger partial charge in [-0.1, -0.05) is 28.9 Å². The van der Waals surface area contributed by atoms with E-state index in [9.17, 15) is 8.42 Å². The number of tetrazole rings is 1. The van der Waals surface area contributed by atoms with Crippen LogP contribution in [0.15, 0.2) is 24.3 Å². The van der Waals surface area contributed by atoms with Crippen molar-refractivity contribution in [2.45, 2.75) is 13.0 Å². The number of aromatic amines is 1. The van der Waals surface area contributed by atoms with E-state index in [2.05, 4.69) is 25.5 Å². The first-order valence-electron chi connectivity index (χ1n) is 7.72. The molecule has 2 aromatic rings. The van der Waals surface area contributed by atoms with Gasteiger partial charge in [0.05, 0.1) is 11.8 Å². The molecular weight excluding hydrogens is 352 g/mol. The molecule has 1 atom stereocenters. The molecule has 130 valence electrons. The summed E-state index contributed by atoms with van der Waals surface area (Å²) in [6, 6.07) is 7.31. The number of nitrogens with one attached hydrogen (secondary N) is 1. The fourth-order valence-electron chi connectivity index (χ4n) is 2.88. The van der Waals surface area contributed by atoms with Gasteiger partial charge in [-0.05, 0) is 24.6 Å². The number of aromatic nitrogens is 4. The summed E-state index contributed by atoms with van der Waals surface area (Å²) < 4.78 is 25.6. The molecular formula is C14H19ClN6O2S. The van der Waals surface area contributed by atoms with Crippen LogP contribution in [0.3, 0.4) is 0 Å². The summed E-state index contributed by atoms with van der Waals surface area (Å²) in [6.07, 6.45) is 0. The second-order valence-corrected chi connectivity index (χ2v) is 8.25. The van der Waals surface area contributed by atoms with Gasteiger partial charge in [-0.2, -0.15) is 9.52 Å². The first-order chi connectivity index (χ1) is 11.5. The van der Waals surface area contributed by atoms with Gasteiger partial charge in [0.25, 0.3) is 0 Å². The minimum absolute atomic E-state index is 0.123. The standard InChI is InChI=1S/C14H19ClN6O2S/c1-2-24(22,23)21-9-7-20(8-10-21)13(14-16-18-19-17-14)11-3-5-12(15)6-4-11/h3-6,13H,2,7-10H2,1H3,(H,16,17,18,19). The molecule has 0 bridgehead atoms. The third-order valence-corrected chi connectivity index (χ3v) is 6.32. The van der Waals surface area contributed by atoms with Crippen molar-refractivity contribution in [3.05, 3.63) is 40.7 Å². The average Bonchev–Trinajstić information content (AvgIpc) is 3.11. The van der Waals surface area contributed by atoms with E-state index in [4.69, 9.17) is 11.6 Å². The van der Waals surface area contributed by atoms with Crippen LogP contribution < -0.4 is 0 Å². The average molecular weight is 371 g/mol. The summed E-state index contributed by atoms with van der Waals surface area (Å²) in [6.45, 7) is 3.77. The summed E-state index contributed by atoms with van der Waals surface area (Å²) in [5.41, 5.74) is 0.993. The molecule has 2 heterocycles. The van der Waals surface area contributed by atoms with Crippen LogP contribution >= 0.6 is 11.6 Å². The van der Waals surface area contributed by atoms with E-state index in [1.54, 1.807) is 11.2 Å². The molecule has 0 aliphatic carbocycles. The topological polar surface area (TPSA) is 95.1 Å². The van der Waals surface area contributed by atoms with Crippen LogP contribution in [0.2, 0.25) is 5.02 Å². The van der Waals surface area contributed by atoms with Crippen molar-refractivity contribution in [3.63, 3.8) is 0 Å². The number of rotatable bonds is 5. The Labute approximate surface area is 145 Å². The Morgan fingerprint density at radius 2 is 1.88 bits per heavy atom. The Kier molecular flexibility index (Phi) is 5.14. The second kappa shape index (κ2) is 7.14. The molecule has 24 heavy (non-hydrogen) atoms. The molecule has 1 unspecified atom stereocenters. The highest BCUT2D eigenvalue weighted by atomic mass is 35.5. The van der Waals surface area contributed by atoms with Gasteiger partial charge >= 0.3 is 0 Å². The molecule has 0 saturated carbocycles. The number of piperazine rings is 1. The van der Waals surface area contributed by atoms with Gasteiger partial charge in [-0.3, -0.25) is 4.90 Å². The first kappa shape index (κ1) is 17.3. The van der Waals surface area contributed by atoms with Crippen molar-refractivity contribution in [3.8, 4) is 0 Å². The van der Waals surface area contributed by atoms with E-state index in [1.807, 2.05) is 24.3 Å². The van der Waals surface area contributed by atoms with Crippen LogP contribution in [0, 0.1) is 0 Å². The van der Waals surface area contributed by atoms with Crippen molar-refractivity contribution >= 4 is 21.6 Å². The van der Waals surface area contributed by atoms with E-state index in [-0.39, 0.29) is 11.8 Å². The Bertz CT molecular complexity index is 757. The van der Waals surface area contributed by atoms with Gasteiger partial charge < -0.3 is 0 Å². The normalized spacial score (nSPS) is 18.6. The van der Waals surface area contributed by atoms with E-state index < -0.39 is 10.0 Å². The molecule has 1 aliphatic heterocycles. The van der Waals surface area contributed by atoms with E-state index in [1.165, 1.54) is 0 Å². The van der Waals surface area contributed by atoms with Crippen molar-refractivity contribution in [2.24, 2.45) is 0 Å². The molecule has 0 amide bonds. The predicted octanol–water partition coefficient (Wildman–Crippen LogP) is 0.910. The summed E-state index contributed by atoms with van der Waals surface area (Å²) in [7, 11) is -3.15. The van der Waals surface area contributed by atoms with Crippen LogP contribution in [0.1, 0.15) is 24.4 Å². The lowest BCUT2D eigenvalue weighted by atomic mass is 10.0. The van der Waals surface area contributed by atoms with Crippen LogP contribution in [0.4, 0.5) is 0 Å². The summed E-state index contributed by atoms with van der Waals surface area (Å²) in [4.78, 5) is 2.16. The van der Waals surface area contributed by atoms with Gasteiger partial charge in [0, 0.05) is 31.2 Å². The number of benzene rings is 1. The molecule has 1 saturated heterocycles. The maximum absolute atomic E-state index is 12.0. The Morgan fingerprint density at radius 3 is 2.42 bits per heavy atom. The Hall–Kier alpha value is -1.55. The van der Waals surface area contributed by atoms with E-state index in [0.29, 0.717) is 37.0 Å². The number of hydrogen-bond donors (Lipinski definition) is 1. The maximum Gasteiger partial charge on any atom is 0.213 e. The molecule has 1 aliphatic rings. The van der Waals surface area contributed by atoms with Crippen LogP contribution in [0.5, 0.6) is 0 Å². The summed E-state index contributed by atoms with van der Waals surface area (Å²) >= 11 is 5.98. The largest absolute Gasteiger partial charge is 0.287 e. The smallest absolute Gasteiger partial charge is 0.213 e. The van der Waals surface area contributed by atoms with E-state index >= 15 is 0 Å². The zero-order valence-electron chi connectivity index (χ0n) is 13.3. The number of H-pyrrole nitrogens is 1. The SMILES string of the molecule is CCS(=O)(=O)N1CCN(C(c2ccc(Cl)cc2)c2nn[nH]n2)CC1. The highest BCUT2D eigenvalue weighted by molar-refractivity contribution is 7.89. The highest BCUT2D eigenvalue weighted by Gasteiger charge is 2.32.